The number of carbonyl (C=O) groups is 2. The van der Waals surface area contributed by atoms with Crippen molar-refractivity contribution in [3.05, 3.63) is 23.8 Å². The summed E-state index contributed by atoms with van der Waals surface area (Å²) in [5, 5.41) is 2.67. The van der Waals surface area contributed by atoms with E-state index in [4.69, 9.17) is 9.47 Å². The molecule has 2 amide bonds. The highest BCUT2D eigenvalue weighted by Crippen LogP contribution is 2.28. The highest BCUT2D eigenvalue weighted by molar-refractivity contribution is 5.97. The average Bonchev–Trinajstić information content (AvgIpc) is 3.09. The lowest BCUT2D eigenvalue weighted by Crippen LogP contribution is -2.38. The monoisotopic (exact) mass is 320 g/mol. The Balaban J connectivity index is 1.97. The van der Waals surface area contributed by atoms with Crippen molar-refractivity contribution in [1.29, 1.82) is 0 Å². The number of rotatable bonds is 7. The summed E-state index contributed by atoms with van der Waals surface area (Å²) in [4.78, 5) is 25.9. The minimum atomic E-state index is -0.290. The molecule has 0 saturated carbocycles. The SMILES string of the molecule is CCOc1ccc(C(=O)NCC(=O)N2CCCC2)cc1OCC. The van der Waals surface area contributed by atoms with E-state index < -0.39 is 0 Å². The first-order chi connectivity index (χ1) is 11.2. The van der Waals surface area contributed by atoms with Gasteiger partial charge in [-0.15, -0.1) is 0 Å². The minimum absolute atomic E-state index is 0.0238. The topological polar surface area (TPSA) is 67.9 Å². The third kappa shape index (κ3) is 4.61. The van der Waals surface area contributed by atoms with Crippen LogP contribution >= 0.6 is 0 Å². The van der Waals surface area contributed by atoms with Crippen molar-refractivity contribution in [3.63, 3.8) is 0 Å². The molecule has 1 fully saturated rings. The van der Waals surface area contributed by atoms with Crippen molar-refractivity contribution in [2.75, 3.05) is 32.8 Å². The van der Waals surface area contributed by atoms with E-state index in [-0.39, 0.29) is 18.4 Å². The molecule has 1 aliphatic heterocycles. The highest BCUT2D eigenvalue weighted by atomic mass is 16.5. The molecular formula is C17H24N2O4. The Morgan fingerprint density at radius 3 is 2.39 bits per heavy atom. The Morgan fingerprint density at radius 1 is 1.09 bits per heavy atom. The van der Waals surface area contributed by atoms with Crippen LogP contribution in [0.2, 0.25) is 0 Å². The van der Waals surface area contributed by atoms with Crippen LogP contribution in [0, 0.1) is 0 Å². The zero-order valence-corrected chi connectivity index (χ0v) is 13.8. The van der Waals surface area contributed by atoms with E-state index >= 15 is 0 Å². The first kappa shape index (κ1) is 17.1. The maximum absolute atomic E-state index is 12.2. The Bertz CT molecular complexity index is 554. The molecule has 0 unspecified atom stereocenters. The first-order valence-electron chi connectivity index (χ1n) is 8.11. The van der Waals surface area contributed by atoms with Gasteiger partial charge in [-0.1, -0.05) is 0 Å². The predicted octanol–water partition coefficient (Wildman–Crippen LogP) is 1.84. The fraction of sp³-hybridized carbons (Fsp3) is 0.529. The van der Waals surface area contributed by atoms with Gasteiger partial charge in [0.2, 0.25) is 5.91 Å². The van der Waals surface area contributed by atoms with Crippen LogP contribution in [-0.4, -0.2) is 49.6 Å². The maximum atomic E-state index is 12.2. The van der Waals surface area contributed by atoms with Crippen molar-refractivity contribution in [2.45, 2.75) is 26.7 Å². The largest absolute Gasteiger partial charge is 0.490 e. The van der Waals surface area contributed by atoms with Crippen molar-refractivity contribution in [3.8, 4) is 11.5 Å². The van der Waals surface area contributed by atoms with E-state index in [9.17, 15) is 9.59 Å². The molecule has 1 aromatic carbocycles. The van der Waals surface area contributed by atoms with E-state index in [1.807, 2.05) is 13.8 Å². The van der Waals surface area contributed by atoms with Crippen LogP contribution in [0.5, 0.6) is 11.5 Å². The molecule has 0 bridgehead atoms. The van der Waals surface area contributed by atoms with Crippen molar-refractivity contribution < 1.29 is 19.1 Å². The number of carbonyl (C=O) groups excluding carboxylic acids is 2. The van der Waals surface area contributed by atoms with E-state index in [2.05, 4.69) is 5.32 Å². The number of amides is 2. The Morgan fingerprint density at radius 2 is 1.74 bits per heavy atom. The summed E-state index contributed by atoms with van der Waals surface area (Å²) in [6.45, 7) is 6.36. The molecule has 6 heteroatoms. The van der Waals surface area contributed by atoms with Gasteiger partial charge in [-0.25, -0.2) is 0 Å². The van der Waals surface area contributed by atoms with Gasteiger partial charge in [-0.2, -0.15) is 0 Å². The van der Waals surface area contributed by atoms with Gasteiger partial charge in [0.25, 0.3) is 5.91 Å². The zero-order chi connectivity index (χ0) is 16.7. The van der Waals surface area contributed by atoms with Gasteiger partial charge in [0.15, 0.2) is 11.5 Å². The molecule has 0 aromatic heterocycles. The molecule has 0 aliphatic carbocycles. The Labute approximate surface area is 136 Å². The second-order valence-electron chi connectivity index (χ2n) is 5.30. The van der Waals surface area contributed by atoms with Gasteiger partial charge < -0.3 is 19.7 Å². The van der Waals surface area contributed by atoms with Gasteiger partial charge in [0.1, 0.15) is 0 Å². The minimum Gasteiger partial charge on any atom is -0.490 e. The maximum Gasteiger partial charge on any atom is 0.251 e. The second kappa shape index (κ2) is 8.41. The van der Waals surface area contributed by atoms with Crippen LogP contribution in [0.1, 0.15) is 37.0 Å². The summed E-state index contributed by atoms with van der Waals surface area (Å²) in [5.41, 5.74) is 0.450. The third-order valence-electron chi connectivity index (χ3n) is 3.66. The summed E-state index contributed by atoms with van der Waals surface area (Å²) in [7, 11) is 0. The molecule has 1 saturated heterocycles. The predicted molar refractivity (Wildman–Crippen MR) is 86.9 cm³/mol. The molecule has 126 valence electrons. The van der Waals surface area contributed by atoms with E-state index in [0.29, 0.717) is 30.3 Å². The fourth-order valence-electron chi connectivity index (χ4n) is 2.53. The number of nitrogens with one attached hydrogen (secondary N) is 1. The van der Waals surface area contributed by atoms with Gasteiger partial charge >= 0.3 is 0 Å². The molecule has 1 heterocycles. The molecule has 1 aliphatic rings. The molecule has 23 heavy (non-hydrogen) atoms. The van der Waals surface area contributed by atoms with E-state index in [1.54, 1.807) is 23.1 Å². The van der Waals surface area contributed by atoms with Gasteiger partial charge in [-0.3, -0.25) is 9.59 Å². The molecule has 0 radical (unpaired) electrons. The van der Waals surface area contributed by atoms with Crippen molar-refractivity contribution >= 4 is 11.8 Å². The lowest BCUT2D eigenvalue weighted by molar-refractivity contribution is -0.129. The van der Waals surface area contributed by atoms with Crippen LogP contribution in [0.25, 0.3) is 0 Å². The van der Waals surface area contributed by atoms with Crippen LogP contribution in [0.3, 0.4) is 0 Å². The lowest BCUT2D eigenvalue weighted by atomic mass is 10.2. The summed E-state index contributed by atoms with van der Waals surface area (Å²) in [6, 6.07) is 5.03. The standard InChI is InChI=1S/C17H24N2O4/c1-3-22-14-8-7-13(11-15(14)23-4-2)17(21)18-12-16(20)19-9-5-6-10-19/h7-8,11H,3-6,9-10,12H2,1-2H3,(H,18,21). The van der Waals surface area contributed by atoms with Crippen LogP contribution in [0.15, 0.2) is 18.2 Å². The summed E-state index contributed by atoms with van der Waals surface area (Å²) in [6.07, 6.45) is 2.08. The molecular weight excluding hydrogens is 296 g/mol. The summed E-state index contributed by atoms with van der Waals surface area (Å²) in [5.74, 6) is 0.820. The summed E-state index contributed by atoms with van der Waals surface area (Å²) >= 11 is 0. The van der Waals surface area contributed by atoms with Gasteiger partial charge in [-0.05, 0) is 44.9 Å². The second-order valence-corrected chi connectivity index (χ2v) is 5.30. The number of likely N-dealkylation sites (tertiary alicyclic amines) is 1. The quantitative estimate of drug-likeness (QED) is 0.832. The molecule has 1 N–H and O–H groups in total. The Kier molecular flexibility index (Phi) is 6.26. The normalized spacial score (nSPS) is 13.7. The molecule has 6 nitrogen and oxygen atoms in total. The molecule has 0 atom stereocenters. The lowest BCUT2D eigenvalue weighted by Gasteiger charge is -2.16. The van der Waals surface area contributed by atoms with Gasteiger partial charge in [0.05, 0.1) is 19.8 Å². The average molecular weight is 320 g/mol. The highest BCUT2D eigenvalue weighted by Gasteiger charge is 2.19. The smallest absolute Gasteiger partial charge is 0.251 e. The third-order valence-corrected chi connectivity index (χ3v) is 3.66. The van der Waals surface area contributed by atoms with Gasteiger partial charge in [0, 0.05) is 18.7 Å². The van der Waals surface area contributed by atoms with Crippen LogP contribution in [-0.2, 0) is 4.79 Å². The van der Waals surface area contributed by atoms with Crippen molar-refractivity contribution in [1.82, 2.24) is 10.2 Å². The van der Waals surface area contributed by atoms with E-state index in [0.717, 1.165) is 25.9 Å². The zero-order valence-electron chi connectivity index (χ0n) is 13.8. The van der Waals surface area contributed by atoms with Crippen LogP contribution in [0.4, 0.5) is 0 Å². The number of hydrogen-bond donors (Lipinski definition) is 1. The van der Waals surface area contributed by atoms with Crippen LogP contribution < -0.4 is 14.8 Å². The summed E-state index contributed by atoms with van der Waals surface area (Å²) < 4.78 is 11.0. The molecule has 1 aromatic rings. The Hall–Kier alpha value is -2.24. The van der Waals surface area contributed by atoms with Crippen molar-refractivity contribution in [2.24, 2.45) is 0 Å². The number of hydrogen-bond acceptors (Lipinski definition) is 4. The number of benzene rings is 1. The fourth-order valence-corrected chi connectivity index (χ4v) is 2.53. The molecule has 2 rings (SSSR count). The first-order valence-corrected chi connectivity index (χ1v) is 8.11. The number of ether oxygens (including phenoxy) is 2. The number of nitrogens with zero attached hydrogens (tertiary/aromatic N) is 1. The van der Waals surface area contributed by atoms with E-state index in [1.165, 1.54) is 0 Å². The molecule has 0 spiro atoms.